The number of carbonyl (C=O) groups is 1. The number of hydrogen-bond donors (Lipinski definition) is 1. The summed E-state index contributed by atoms with van der Waals surface area (Å²) in [6, 6.07) is 5.47. The Hall–Kier alpha value is -1.23. The molecule has 0 saturated heterocycles. The van der Waals surface area contributed by atoms with Gasteiger partial charge < -0.3 is 14.6 Å². The third-order valence-electron chi connectivity index (χ3n) is 1.93. The molecule has 0 unspecified atom stereocenters. The zero-order chi connectivity index (χ0) is 12.0. The summed E-state index contributed by atoms with van der Waals surface area (Å²) in [6.07, 6.45) is 0.576. The van der Waals surface area contributed by atoms with Crippen LogP contribution < -0.4 is 9.47 Å². The van der Waals surface area contributed by atoms with Crippen LogP contribution in [0.3, 0.4) is 0 Å². The molecule has 0 aliphatic rings. The molecule has 16 heavy (non-hydrogen) atoms. The molecule has 4 nitrogen and oxygen atoms in total. The molecule has 5 heteroatoms. The fraction of sp³-hybridized carbons (Fsp3) is 0.364. The lowest BCUT2D eigenvalue weighted by atomic mass is 10.3. The smallest absolute Gasteiger partial charge is 0.303 e. The van der Waals surface area contributed by atoms with Crippen LogP contribution in [0.4, 0.5) is 0 Å². The summed E-state index contributed by atoms with van der Waals surface area (Å²) in [6.45, 7) is 0.352. The number of rotatable bonds is 6. The van der Waals surface area contributed by atoms with Crippen molar-refractivity contribution in [1.82, 2.24) is 0 Å². The minimum atomic E-state index is -0.817. The van der Waals surface area contributed by atoms with Crippen molar-refractivity contribution in [2.24, 2.45) is 0 Å². The number of benzene rings is 1. The fourth-order valence-electron chi connectivity index (χ4n) is 1.19. The van der Waals surface area contributed by atoms with Gasteiger partial charge in [0.1, 0.15) is 0 Å². The summed E-state index contributed by atoms with van der Waals surface area (Å²) in [5.41, 5.74) is 0. The maximum atomic E-state index is 10.3. The van der Waals surface area contributed by atoms with E-state index in [1.807, 2.05) is 12.1 Å². The first-order chi connectivity index (χ1) is 7.65. The fourth-order valence-corrected chi connectivity index (χ4v) is 1.65. The second kappa shape index (κ2) is 6.37. The molecule has 0 aliphatic heterocycles. The molecule has 1 aromatic carbocycles. The molecule has 1 rings (SSSR count). The molecule has 0 saturated carbocycles. The van der Waals surface area contributed by atoms with Crippen molar-refractivity contribution in [1.29, 1.82) is 0 Å². The topological polar surface area (TPSA) is 55.8 Å². The second-order valence-corrected chi connectivity index (χ2v) is 3.97. The Balaban J connectivity index is 2.55. The maximum Gasteiger partial charge on any atom is 0.303 e. The zero-order valence-electron chi connectivity index (χ0n) is 8.90. The number of hydrogen-bond acceptors (Lipinski definition) is 3. The molecule has 0 radical (unpaired) electrons. The van der Waals surface area contributed by atoms with Crippen LogP contribution >= 0.6 is 15.9 Å². The lowest BCUT2D eigenvalue weighted by Gasteiger charge is -2.11. The van der Waals surface area contributed by atoms with Gasteiger partial charge in [0.05, 0.1) is 18.2 Å². The van der Waals surface area contributed by atoms with Gasteiger partial charge in [-0.1, -0.05) is 6.07 Å². The molecule has 0 atom stereocenters. The van der Waals surface area contributed by atoms with Crippen LogP contribution in [0, 0.1) is 0 Å². The van der Waals surface area contributed by atoms with Gasteiger partial charge in [0.25, 0.3) is 0 Å². The van der Waals surface area contributed by atoms with Gasteiger partial charge >= 0.3 is 5.97 Å². The van der Waals surface area contributed by atoms with Crippen molar-refractivity contribution < 1.29 is 19.4 Å². The molecule has 0 bridgehead atoms. The number of carboxylic acids is 1. The predicted molar refractivity (Wildman–Crippen MR) is 63.1 cm³/mol. The number of aliphatic carboxylic acids is 1. The average molecular weight is 289 g/mol. The van der Waals surface area contributed by atoms with Crippen LogP contribution in [0.25, 0.3) is 0 Å². The average Bonchev–Trinajstić information content (AvgIpc) is 2.25. The Morgan fingerprint density at radius 3 is 2.88 bits per heavy atom. The Morgan fingerprint density at radius 1 is 1.50 bits per heavy atom. The van der Waals surface area contributed by atoms with Gasteiger partial charge in [-0.3, -0.25) is 4.79 Å². The normalized spacial score (nSPS) is 9.88. The van der Waals surface area contributed by atoms with E-state index in [9.17, 15) is 4.79 Å². The Morgan fingerprint density at radius 2 is 2.25 bits per heavy atom. The zero-order valence-corrected chi connectivity index (χ0v) is 10.5. The minimum absolute atomic E-state index is 0.104. The van der Waals surface area contributed by atoms with Crippen molar-refractivity contribution >= 4 is 21.9 Å². The number of methoxy groups -OCH3 is 1. The highest BCUT2D eigenvalue weighted by Crippen LogP contribution is 2.34. The molecule has 1 aromatic rings. The Labute approximate surface area is 102 Å². The summed E-state index contributed by atoms with van der Waals surface area (Å²) in [5, 5.41) is 8.48. The standard InChI is InChI=1S/C11H13BrO4/c1-15-9-5-2-4-8(12)11(9)16-7-3-6-10(13)14/h2,4-5H,3,6-7H2,1H3,(H,13,14). The number of carboxylic acid groups (broad SMARTS) is 1. The van der Waals surface area contributed by atoms with E-state index in [-0.39, 0.29) is 6.42 Å². The highest BCUT2D eigenvalue weighted by Gasteiger charge is 2.08. The molecule has 1 N–H and O–H groups in total. The van der Waals surface area contributed by atoms with Gasteiger partial charge in [0, 0.05) is 6.42 Å². The summed E-state index contributed by atoms with van der Waals surface area (Å²) in [7, 11) is 1.56. The lowest BCUT2D eigenvalue weighted by molar-refractivity contribution is -0.137. The summed E-state index contributed by atoms with van der Waals surface area (Å²) < 4.78 is 11.4. The van der Waals surface area contributed by atoms with Crippen molar-refractivity contribution in [2.75, 3.05) is 13.7 Å². The maximum absolute atomic E-state index is 10.3. The Bertz CT molecular complexity index is 365. The Kier molecular flexibility index (Phi) is 5.11. The first-order valence-corrected chi connectivity index (χ1v) is 5.61. The van der Waals surface area contributed by atoms with Crippen LogP contribution in [0.5, 0.6) is 11.5 Å². The summed E-state index contributed by atoms with van der Waals surface area (Å²) >= 11 is 3.35. The first-order valence-electron chi connectivity index (χ1n) is 4.82. The van der Waals surface area contributed by atoms with Crippen molar-refractivity contribution in [3.05, 3.63) is 22.7 Å². The predicted octanol–water partition coefficient (Wildman–Crippen LogP) is 2.70. The van der Waals surface area contributed by atoms with Crippen LogP contribution in [0.15, 0.2) is 22.7 Å². The third-order valence-corrected chi connectivity index (χ3v) is 2.56. The van der Waals surface area contributed by atoms with Gasteiger partial charge in [-0.15, -0.1) is 0 Å². The van der Waals surface area contributed by atoms with Crippen LogP contribution in [-0.4, -0.2) is 24.8 Å². The van der Waals surface area contributed by atoms with E-state index in [0.29, 0.717) is 24.5 Å². The van der Waals surface area contributed by atoms with Crippen molar-refractivity contribution in [3.63, 3.8) is 0 Å². The molecule has 0 heterocycles. The molecule has 0 amide bonds. The van der Waals surface area contributed by atoms with Crippen molar-refractivity contribution in [3.8, 4) is 11.5 Å². The van der Waals surface area contributed by atoms with E-state index >= 15 is 0 Å². The molecule has 0 aromatic heterocycles. The molecular weight excluding hydrogens is 276 g/mol. The minimum Gasteiger partial charge on any atom is -0.493 e. The summed E-state index contributed by atoms with van der Waals surface area (Å²) in [4.78, 5) is 10.3. The molecule has 0 aliphatic carbocycles. The third kappa shape index (κ3) is 3.73. The quantitative estimate of drug-likeness (QED) is 0.818. The molecule has 0 fully saturated rings. The summed E-state index contributed by atoms with van der Waals surface area (Å²) in [5.74, 6) is 0.419. The van der Waals surface area contributed by atoms with E-state index in [2.05, 4.69) is 15.9 Å². The second-order valence-electron chi connectivity index (χ2n) is 3.12. The van der Waals surface area contributed by atoms with E-state index in [4.69, 9.17) is 14.6 Å². The number of ether oxygens (including phenoxy) is 2. The SMILES string of the molecule is COc1cccc(Br)c1OCCCC(=O)O. The van der Waals surface area contributed by atoms with Crippen LogP contribution in [-0.2, 0) is 4.79 Å². The largest absolute Gasteiger partial charge is 0.493 e. The van der Waals surface area contributed by atoms with Gasteiger partial charge in [0.2, 0.25) is 0 Å². The first kappa shape index (κ1) is 12.8. The van der Waals surface area contributed by atoms with Gasteiger partial charge in [-0.25, -0.2) is 0 Å². The van der Waals surface area contributed by atoms with E-state index in [1.165, 1.54) is 0 Å². The highest BCUT2D eigenvalue weighted by molar-refractivity contribution is 9.10. The molecule has 88 valence electrons. The monoisotopic (exact) mass is 288 g/mol. The van der Waals surface area contributed by atoms with Gasteiger partial charge in [-0.2, -0.15) is 0 Å². The van der Waals surface area contributed by atoms with E-state index in [1.54, 1.807) is 13.2 Å². The van der Waals surface area contributed by atoms with Crippen LogP contribution in [0.2, 0.25) is 0 Å². The van der Waals surface area contributed by atoms with Crippen molar-refractivity contribution in [2.45, 2.75) is 12.8 Å². The van der Waals surface area contributed by atoms with E-state index in [0.717, 1.165) is 4.47 Å². The van der Waals surface area contributed by atoms with Crippen LogP contribution in [0.1, 0.15) is 12.8 Å². The highest BCUT2D eigenvalue weighted by atomic mass is 79.9. The van der Waals surface area contributed by atoms with E-state index < -0.39 is 5.97 Å². The number of halogens is 1. The molecule has 0 spiro atoms. The number of para-hydroxylation sites is 1. The lowest BCUT2D eigenvalue weighted by Crippen LogP contribution is -2.03. The molecular formula is C11H13BrO4. The van der Waals surface area contributed by atoms with Gasteiger partial charge in [-0.05, 0) is 34.5 Å². The van der Waals surface area contributed by atoms with Gasteiger partial charge in [0.15, 0.2) is 11.5 Å².